The van der Waals surface area contributed by atoms with Crippen molar-refractivity contribution in [2.75, 3.05) is 26.2 Å². The van der Waals surface area contributed by atoms with E-state index in [1.807, 2.05) is 17.9 Å². The fraction of sp³-hybridized carbons (Fsp3) is 0.647. The molecule has 3 heterocycles. The van der Waals surface area contributed by atoms with Crippen molar-refractivity contribution in [3.05, 3.63) is 30.1 Å². The van der Waals surface area contributed by atoms with Crippen molar-refractivity contribution in [3.63, 3.8) is 0 Å². The largest absolute Gasteiger partial charge is 0.357 e. The third-order valence-corrected chi connectivity index (χ3v) is 4.63. The maximum Gasteiger partial charge on any atom is 0.193 e. The quantitative estimate of drug-likeness (QED) is 0.393. The summed E-state index contributed by atoms with van der Waals surface area (Å²) in [5.41, 5.74) is 1.32. The molecule has 0 aromatic carbocycles. The van der Waals surface area contributed by atoms with Crippen molar-refractivity contribution in [2.45, 2.75) is 39.2 Å². The Kier molecular flexibility index (Phi) is 7.85. The zero-order valence-corrected chi connectivity index (χ0v) is 18.1. The number of likely N-dealkylation sites (tertiary alicyclic amines) is 1. The van der Waals surface area contributed by atoms with Gasteiger partial charge in [-0.1, -0.05) is 6.92 Å². The van der Waals surface area contributed by atoms with Gasteiger partial charge in [0.05, 0.1) is 12.7 Å². The normalized spacial score (nSPS) is 17.4. The minimum atomic E-state index is 0. The topological polar surface area (TPSA) is 76.2 Å². The van der Waals surface area contributed by atoms with Crippen molar-refractivity contribution in [2.24, 2.45) is 12.0 Å². The molecule has 1 atom stereocenters. The summed E-state index contributed by atoms with van der Waals surface area (Å²) in [6.45, 7) is 8.63. The van der Waals surface area contributed by atoms with Gasteiger partial charge in [0.2, 0.25) is 0 Å². The highest BCUT2D eigenvalue weighted by molar-refractivity contribution is 14.0. The first-order valence-electron chi connectivity index (χ1n) is 9.09. The van der Waals surface area contributed by atoms with E-state index in [-0.39, 0.29) is 24.0 Å². The van der Waals surface area contributed by atoms with Crippen LogP contribution < -0.4 is 5.32 Å². The lowest BCUT2D eigenvalue weighted by atomic mass is 10.0. The highest BCUT2D eigenvalue weighted by Gasteiger charge is 2.26. The van der Waals surface area contributed by atoms with Gasteiger partial charge in [-0.15, -0.1) is 34.2 Å². The SMILES string of the molecule is CCNC(=NCCn1cnnc1CC)N1CCC(c2cnn(C)c2)C1.I. The number of halogens is 1. The molecule has 1 N–H and O–H groups in total. The summed E-state index contributed by atoms with van der Waals surface area (Å²) in [6, 6.07) is 0. The first-order valence-corrected chi connectivity index (χ1v) is 9.09. The Morgan fingerprint density at radius 2 is 2.23 bits per heavy atom. The standard InChI is InChI=1S/C17H28N8.HI/c1-4-16-22-20-13-25(16)9-7-19-17(18-5-2)24-8-6-14(12-24)15-10-21-23(3)11-15;/h10-11,13-14H,4-9,12H2,1-3H3,(H,18,19);1H. The van der Waals surface area contributed by atoms with E-state index in [4.69, 9.17) is 4.99 Å². The number of nitrogens with zero attached hydrogens (tertiary/aromatic N) is 7. The lowest BCUT2D eigenvalue weighted by molar-refractivity contribution is 0.484. The summed E-state index contributed by atoms with van der Waals surface area (Å²) in [5, 5.41) is 15.8. The molecule has 0 amide bonds. The van der Waals surface area contributed by atoms with Gasteiger partial charge in [-0.2, -0.15) is 5.10 Å². The summed E-state index contributed by atoms with van der Waals surface area (Å²) in [7, 11) is 1.97. The third kappa shape index (κ3) is 4.95. The van der Waals surface area contributed by atoms with Gasteiger partial charge in [0, 0.05) is 51.8 Å². The second kappa shape index (κ2) is 9.89. The van der Waals surface area contributed by atoms with Crippen LogP contribution in [0.5, 0.6) is 0 Å². The Hall–Kier alpha value is -1.65. The molecule has 1 aliphatic rings. The number of rotatable bonds is 6. The van der Waals surface area contributed by atoms with Crippen LogP contribution in [0.3, 0.4) is 0 Å². The monoisotopic (exact) mass is 472 g/mol. The molecule has 1 saturated heterocycles. The first kappa shape index (κ1) is 20.7. The Balaban J connectivity index is 0.00000243. The molecule has 0 saturated carbocycles. The average molecular weight is 472 g/mol. The van der Waals surface area contributed by atoms with E-state index in [9.17, 15) is 0 Å². The van der Waals surface area contributed by atoms with Crippen LogP contribution in [0.25, 0.3) is 0 Å². The number of hydrogen-bond acceptors (Lipinski definition) is 4. The van der Waals surface area contributed by atoms with E-state index in [1.165, 1.54) is 5.56 Å². The molecule has 3 rings (SSSR count). The first-order chi connectivity index (χ1) is 12.2. The van der Waals surface area contributed by atoms with Crippen LogP contribution in [0.2, 0.25) is 0 Å². The fourth-order valence-electron chi connectivity index (χ4n) is 3.30. The molecule has 8 nitrogen and oxygen atoms in total. The van der Waals surface area contributed by atoms with Crippen molar-refractivity contribution in [1.29, 1.82) is 0 Å². The Labute approximate surface area is 172 Å². The number of nitrogens with one attached hydrogen (secondary N) is 1. The molecule has 1 aliphatic heterocycles. The van der Waals surface area contributed by atoms with Crippen molar-refractivity contribution in [1.82, 2.24) is 34.8 Å². The van der Waals surface area contributed by atoms with E-state index >= 15 is 0 Å². The Morgan fingerprint density at radius 3 is 2.92 bits per heavy atom. The molecule has 0 spiro atoms. The summed E-state index contributed by atoms with van der Waals surface area (Å²) in [6.07, 6.45) is 7.92. The predicted molar refractivity (Wildman–Crippen MR) is 113 cm³/mol. The van der Waals surface area contributed by atoms with Crippen LogP contribution in [-0.4, -0.2) is 61.6 Å². The van der Waals surface area contributed by atoms with Crippen LogP contribution in [0, 0.1) is 0 Å². The number of aliphatic imine (C=N–C) groups is 1. The molecule has 0 radical (unpaired) electrons. The Morgan fingerprint density at radius 1 is 1.38 bits per heavy atom. The molecule has 26 heavy (non-hydrogen) atoms. The van der Waals surface area contributed by atoms with E-state index in [0.717, 1.165) is 57.3 Å². The molecule has 2 aromatic rings. The van der Waals surface area contributed by atoms with Gasteiger partial charge in [0.15, 0.2) is 5.96 Å². The van der Waals surface area contributed by atoms with Crippen LogP contribution in [0.15, 0.2) is 23.7 Å². The zero-order chi connectivity index (χ0) is 17.6. The second-order valence-electron chi connectivity index (χ2n) is 6.41. The summed E-state index contributed by atoms with van der Waals surface area (Å²) >= 11 is 0. The molecule has 0 aliphatic carbocycles. The second-order valence-corrected chi connectivity index (χ2v) is 6.41. The highest BCUT2D eigenvalue weighted by atomic mass is 127. The van der Waals surface area contributed by atoms with E-state index < -0.39 is 0 Å². The van der Waals surface area contributed by atoms with Gasteiger partial charge in [-0.05, 0) is 18.9 Å². The predicted octanol–water partition coefficient (Wildman–Crippen LogP) is 1.65. The summed E-state index contributed by atoms with van der Waals surface area (Å²) in [4.78, 5) is 7.17. The van der Waals surface area contributed by atoms with E-state index in [2.05, 4.69) is 50.1 Å². The minimum absolute atomic E-state index is 0. The van der Waals surface area contributed by atoms with Crippen molar-refractivity contribution in [3.8, 4) is 0 Å². The zero-order valence-electron chi connectivity index (χ0n) is 15.8. The number of aromatic nitrogens is 5. The van der Waals surface area contributed by atoms with Gasteiger partial charge in [0.1, 0.15) is 12.2 Å². The minimum Gasteiger partial charge on any atom is -0.357 e. The van der Waals surface area contributed by atoms with Crippen LogP contribution in [-0.2, 0) is 20.0 Å². The van der Waals surface area contributed by atoms with Gasteiger partial charge in [-0.3, -0.25) is 9.67 Å². The highest BCUT2D eigenvalue weighted by Crippen LogP contribution is 2.26. The summed E-state index contributed by atoms with van der Waals surface area (Å²) in [5.74, 6) is 2.54. The molecular formula is C17H29IN8. The lowest BCUT2D eigenvalue weighted by Gasteiger charge is -2.21. The molecular weight excluding hydrogens is 443 g/mol. The van der Waals surface area contributed by atoms with Gasteiger partial charge in [0.25, 0.3) is 0 Å². The van der Waals surface area contributed by atoms with Crippen molar-refractivity contribution >= 4 is 29.9 Å². The van der Waals surface area contributed by atoms with Gasteiger partial charge in [-0.25, -0.2) is 0 Å². The van der Waals surface area contributed by atoms with Crippen molar-refractivity contribution < 1.29 is 0 Å². The number of aryl methyl sites for hydroxylation is 2. The average Bonchev–Trinajstić information content (AvgIpc) is 3.34. The number of guanidine groups is 1. The maximum atomic E-state index is 4.81. The molecule has 1 fully saturated rings. The van der Waals surface area contributed by atoms with Gasteiger partial charge < -0.3 is 14.8 Å². The van der Waals surface area contributed by atoms with E-state index in [1.54, 1.807) is 6.33 Å². The Bertz CT molecular complexity index is 707. The van der Waals surface area contributed by atoms with Crippen LogP contribution in [0.1, 0.15) is 37.6 Å². The molecule has 144 valence electrons. The molecule has 9 heteroatoms. The lowest BCUT2D eigenvalue weighted by Crippen LogP contribution is -2.40. The van der Waals surface area contributed by atoms with Crippen LogP contribution >= 0.6 is 24.0 Å². The molecule has 0 bridgehead atoms. The number of hydrogen-bond donors (Lipinski definition) is 1. The van der Waals surface area contributed by atoms with Gasteiger partial charge >= 0.3 is 0 Å². The summed E-state index contributed by atoms with van der Waals surface area (Å²) < 4.78 is 3.96. The smallest absolute Gasteiger partial charge is 0.193 e. The third-order valence-electron chi connectivity index (χ3n) is 4.63. The molecule has 2 aromatic heterocycles. The maximum absolute atomic E-state index is 4.81. The molecule has 1 unspecified atom stereocenters. The van der Waals surface area contributed by atoms with Crippen LogP contribution in [0.4, 0.5) is 0 Å². The fourth-order valence-corrected chi connectivity index (χ4v) is 3.30. The van der Waals surface area contributed by atoms with E-state index in [0.29, 0.717) is 5.92 Å².